The highest BCUT2D eigenvalue weighted by Gasteiger charge is 2.29. The van der Waals surface area contributed by atoms with Gasteiger partial charge in [0.15, 0.2) is 0 Å². The molecule has 1 aliphatic rings. The molecule has 22 heavy (non-hydrogen) atoms. The Morgan fingerprint density at radius 2 is 1.77 bits per heavy atom. The summed E-state index contributed by atoms with van der Waals surface area (Å²) in [5, 5.41) is 0.0971. The van der Waals surface area contributed by atoms with Crippen molar-refractivity contribution in [2.24, 2.45) is 0 Å². The van der Waals surface area contributed by atoms with Gasteiger partial charge in [0.05, 0.1) is 10.8 Å². The highest BCUT2D eigenvalue weighted by Crippen LogP contribution is 2.23. The lowest BCUT2D eigenvalue weighted by molar-refractivity contribution is 0.0218. The quantitative estimate of drug-likeness (QED) is 0.771. The van der Waals surface area contributed by atoms with Gasteiger partial charge in [-0.2, -0.15) is 0 Å². The zero-order chi connectivity index (χ0) is 16.3. The fourth-order valence-electron chi connectivity index (χ4n) is 2.34. The van der Waals surface area contributed by atoms with Crippen LogP contribution in [0.15, 0.2) is 33.6 Å². The van der Waals surface area contributed by atoms with E-state index in [0.717, 1.165) is 22.2 Å². The van der Waals surface area contributed by atoms with Gasteiger partial charge in [-0.05, 0) is 57.9 Å². The first-order valence-electron chi connectivity index (χ1n) is 7.40. The predicted octanol–water partition coefficient (Wildman–Crippen LogP) is 3.96. The van der Waals surface area contributed by atoms with E-state index in [9.17, 15) is 9.00 Å². The minimum atomic E-state index is -1.02. The highest BCUT2D eigenvalue weighted by atomic mass is 79.9. The summed E-state index contributed by atoms with van der Waals surface area (Å²) in [6.45, 7) is 6.78. The molecule has 1 aromatic rings. The lowest BCUT2D eigenvalue weighted by atomic mass is 10.1. The number of nitrogens with zero attached hydrogens (tertiary/aromatic N) is 1. The molecule has 0 saturated carbocycles. The van der Waals surface area contributed by atoms with Gasteiger partial charge in [-0.25, -0.2) is 4.79 Å². The standard InChI is InChI=1S/C16H22BrNO3S/c1-16(2,3)21-15(19)18-10-8-14(9-11-18)22(20)13-6-4-12(17)5-7-13/h4-7,14H,8-11H2,1-3H3/t22-/m1/s1. The van der Waals surface area contributed by atoms with Crippen molar-refractivity contribution >= 4 is 32.8 Å². The summed E-state index contributed by atoms with van der Waals surface area (Å²) in [7, 11) is -1.02. The number of hydrogen-bond donors (Lipinski definition) is 0. The van der Waals surface area contributed by atoms with Crippen LogP contribution in [0.3, 0.4) is 0 Å². The van der Waals surface area contributed by atoms with E-state index in [0.29, 0.717) is 13.1 Å². The minimum absolute atomic E-state index is 0.0971. The first-order valence-corrected chi connectivity index (χ1v) is 9.41. The highest BCUT2D eigenvalue weighted by molar-refractivity contribution is 9.10. The molecule has 6 heteroatoms. The van der Waals surface area contributed by atoms with Crippen molar-refractivity contribution < 1.29 is 13.7 Å². The van der Waals surface area contributed by atoms with Crippen LogP contribution in [0.25, 0.3) is 0 Å². The molecule has 4 nitrogen and oxygen atoms in total. The summed E-state index contributed by atoms with van der Waals surface area (Å²) in [6.07, 6.45) is 1.20. The summed E-state index contributed by atoms with van der Waals surface area (Å²) >= 11 is 3.38. The molecular weight excluding hydrogens is 366 g/mol. The van der Waals surface area contributed by atoms with Gasteiger partial charge in [-0.1, -0.05) is 15.9 Å². The van der Waals surface area contributed by atoms with E-state index >= 15 is 0 Å². The van der Waals surface area contributed by atoms with E-state index in [1.54, 1.807) is 4.90 Å². The molecule has 0 aliphatic carbocycles. The summed E-state index contributed by atoms with van der Waals surface area (Å²) in [4.78, 5) is 14.6. The third-order valence-electron chi connectivity index (χ3n) is 3.44. The lowest BCUT2D eigenvalue weighted by Crippen LogP contribution is -2.43. The summed E-state index contributed by atoms with van der Waals surface area (Å²) < 4.78 is 18.9. The van der Waals surface area contributed by atoms with Crippen LogP contribution in [-0.2, 0) is 15.5 Å². The number of carbonyl (C=O) groups is 1. The number of halogens is 1. The molecule has 0 unspecified atom stereocenters. The monoisotopic (exact) mass is 387 g/mol. The van der Waals surface area contributed by atoms with Crippen LogP contribution < -0.4 is 0 Å². The number of carbonyl (C=O) groups excluding carboxylic acids is 1. The second kappa shape index (κ2) is 7.13. The molecule has 1 aliphatic heterocycles. The van der Waals surface area contributed by atoms with Crippen LogP contribution in [0.1, 0.15) is 33.6 Å². The summed E-state index contributed by atoms with van der Waals surface area (Å²) in [5.41, 5.74) is -0.478. The van der Waals surface area contributed by atoms with Crippen molar-refractivity contribution in [3.05, 3.63) is 28.7 Å². The van der Waals surface area contributed by atoms with Crippen molar-refractivity contribution in [2.45, 2.75) is 49.4 Å². The molecule has 0 N–H and O–H groups in total. The Labute approximate surface area is 142 Å². The molecule has 2 rings (SSSR count). The maximum atomic E-state index is 12.6. The van der Waals surface area contributed by atoms with E-state index in [4.69, 9.17) is 4.74 Å². The molecule has 1 saturated heterocycles. The van der Waals surface area contributed by atoms with E-state index < -0.39 is 16.4 Å². The fourth-order valence-corrected chi connectivity index (χ4v) is 4.03. The fraction of sp³-hybridized carbons (Fsp3) is 0.562. The van der Waals surface area contributed by atoms with E-state index in [-0.39, 0.29) is 11.3 Å². The Hall–Kier alpha value is -0.880. The Morgan fingerprint density at radius 3 is 2.27 bits per heavy atom. The molecule has 1 fully saturated rings. The van der Waals surface area contributed by atoms with Crippen LogP contribution in [-0.4, -0.2) is 39.1 Å². The van der Waals surface area contributed by atoms with Gasteiger partial charge in [0.2, 0.25) is 0 Å². The Kier molecular flexibility index (Phi) is 5.66. The van der Waals surface area contributed by atoms with Crippen molar-refractivity contribution in [1.82, 2.24) is 4.90 Å². The molecular formula is C16H22BrNO3S. The van der Waals surface area contributed by atoms with E-state index in [2.05, 4.69) is 15.9 Å². The topological polar surface area (TPSA) is 46.6 Å². The number of likely N-dealkylation sites (tertiary alicyclic amines) is 1. The van der Waals surface area contributed by atoms with E-state index in [1.165, 1.54) is 0 Å². The molecule has 1 amide bonds. The van der Waals surface area contributed by atoms with Gasteiger partial charge >= 0.3 is 6.09 Å². The SMILES string of the molecule is CC(C)(C)OC(=O)N1CCC([S@](=O)c2ccc(Br)cc2)CC1. The number of hydrogen-bond acceptors (Lipinski definition) is 3. The predicted molar refractivity (Wildman–Crippen MR) is 91.4 cm³/mol. The molecule has 0 spiro atoms. The van der Waals surface area contributed by atoms with Crippen LogP contribution >= 0.6 is 15.9 Å². The second-order valence-electron chi connectivity index (χ2n) is 6.42. The number of amides is 1. The average Bonchev–Trinajstić information content (AvgIpc) is 2.46. The molecule has 0 radical (unpaired) electrons. The van der Waals surface area contributed by atoms with Gasteiger partial charge in [0.1, 0.15) is 5.60 Å². The Bertz CT molecular complexity index is 546. The van der Waals surface area contributed by atoms with Gasteiger partial charge in [0.25, 0.3) is 0 Å². The van der Waals surface area contributed by atoms with E-state index in [1.807, 2.05) is 45.0 Å². The van der Waals surface area contributed by atoms with Crippen LogP contribution in [0.2, 0.25) is 0 Å². The number of benzene rings is 1. The normalized spacial score (nSPS) is 18.1. The van der Waals surface area contributed by atoms with Crippen molar-refractivity contribution in [2.75, 3.05) is 13.1 Å². The van der Waals surface area contributed by atoms with Crippen LogP contribution in [0.4, 0.5) is 4.79 Å². The van der Waals surface area contributed by atoms with Crippen molar-refractivity contribution in [3.8, 4) is 0 Å². The summed E-state index contributed by atoms with van der Waals surface area (Å²) in [5.74, 6) is 0. The van der Waals surface area contributed by atoms with Gasteiger partial charge in [0, 0.05) is 27.7 Å². The first kappa shape index (κ1) is 17.5. The maximum absolute atomic E-state index is 12.6. The zero-order valence-electron chi connectivity index (χ0n) is 13.2. The zero-order valence-corrected chi connectivity index (χ0v) is 15.6. The Balaban J connectivity index is 1.90. The second-order valence-corrected chi connectivity index (χ2v) is 9.07. The molecule has 1 aromatic carbocycles. The number of piperidine rings is 1. The van der Waals surface area contributed by atoms with Gasteiger partial charge in [-0.15, -0.1) is 0 Å². The molecule has 0 bridgehead atoms. The Morgan fingerprint density at radius 1 is 1.23 bits per heavy atom. The number of ether oxygens (including phenoxy) is 1. The maximum Gasteiger partial charge on any atom is 0.410 e. The van der Waals surface area contributed by atoms with Crippen LogP contribution in [0, 0.1) is 0 Å². The largest absolute Gasteiger partial charge is 0.444 e. The van der Waals surface area contributed by atoms with Crippen molar-refractivity contribution in [1.29, 1.82) is 0 Å². The van der Waals surface area contributed by atoms with Gasteiger partial charge in [-0.3, -0.25) is 4.21 Å². The third-order valence-corrected chi connectivity index (χ3v) is 5.78. The average molecular weight is 388 g/mol. The minimum Gasteiger partial charge on any atom is -0.444 e. The molecule has 122 valence electrons. The molecule has 1 atom stereocenters. The molecule has 0 aromatic heterocycles. The number of rotatable bonds is 2. The molecule has 1 heterocycles. The van der Waals surface area contributed by atoms with Gasteiger partial charge < -0.3 is 9.64 Å². The third kappa shape index (κ3) is 4.81. The summed E-state index contributed by atoms with van der Waals surface area (Å²) in [6, 6.07) is 7.59. The lowest BCUT2D eigenvalue weighted by Gasteiger charge is -2.33. The van der Waals surface area contributed by atoms with Crippen molar-refractivity contribution in [3.63, 3.8) is 0 Å². The smallest absolute Gasteiger partial charge is 0.410 e. The first-order chi connectivity index (χ1) is 10.3. The van der Waals surface area contributed by atoms with Crippen LogP contribution in [0.5, 0.6) is 0 Å².